The fraction of sp³-hybridized carbons (Fsp3) is 0.286. The Kier molecular flexibility index (Phi) is 3.49. The van der Waals surface area contributed by atoms with Crippen LogP contribution in [0.25, 0.3) is 10.9 Å². The van der Waals surface area contributed by atoms with Crippen LogP contribution in [-0.2, 0) is 4.74 Å². The van der Waals surface area contributed by atoms with E-state index < -0.39 is 0 Å². The Balaban J connectivity index is 1.84. The number of nitrogens with two attached hydrogens (primary N) is 1. The van der Waals surface area contributed by atoms with Crippen LogP contribution in [0, 0.1) is 0 Å². The van der Waals surface area contributed by atoms with Crippen LogP contribution in [0.5, 0.6) is 0 Å². The van der Waals surface area contributed by atoms with Crippen molar-refractivity contribution >= 4 is 22.5 Å². The summed E-state index contributed by atoms with van der Waals surface area (Å²) in [4.78, 5) is 16.5. The maximum atomic E-state index is 12.2. The third-order valence-corrected chi connectivity index (χ3v) is 3.25. The van der Waals surface area contributed by atoms with Crippen molar-refractivity contribution in [3.8, 4) is 0 Å². The smallest absolute Gasteiger partial charge is 0.284 e. The first-order valence-electron chi connectivity index (χ1n) is 6.53. The van der Waals surface area contributed by atoms with Crippen molar-refractivity contribution in [1.82, 2.24) is 15.4 Å². The average Bonchev–Trinajstić information content (AvgIpc) is 2.48. The molecule has 6 nitrogen and oxygen atoms in total. The van der Waals surface area contributed by atoms with Gasteiger partial charge in [-0.1, -0.05) is 18.2 Å². The first kappa shape index (κ1) is 12.8. The Morgan fingerprint density at radius 1 is 1.30 bits per heavy atom. The van der Waals surface area contributed by atoms with Crippen molar-refractivity contribution in [2.75, 3.05) is 32.0 Å². The lowest BCUT2D eigenvalue weighted by molar-refractivity contribution is 0.0125. The van der Waals surface area contributed by atoms with Gasteiger partial charge in [0.05, 0.1) is 18.7 Å². The fourth-order valence-electron chi connectivity index (χ4n) is 2.19. The number of pyridine rings is 1. The molecular formula is C14H16N4O2. The van der Waals surface area contributed by atoms with Crippen LogP contribution in [0.3, 0.4) is 0 Å². The van der Waals surface area contributed by atoms with Gasteiger partial charge in [-0.25, -0.2) is 9.99 Å². The molecule has 1 aliphatic heterocycles. The summed E-state index contributed by atoms with van der Waals surface area (Å²) in [6, 6.07) is 9.11. The predicted molar refractivity (Wildman–Crippen MR) is 76.0 cm³/mol. The molecule has 3 rings (SSSR count). The molecule has 6 heteroatoms. The summed E-state index contributed by atoms with van der Waals surface area (Å²) in [5.74, 6) is -0.246. The Labute approximate surface area is 116 Å². The number of benzene rings is 1. The molecule has 20 heavy (non-hydrogen) atoms. The molecule has 0 bridgehead atoms. The van der Waals surface area contributed by atoms with Crippen molar-refractivity contribution in [3.63, 3.8) is 0 Å². The van der Waals surface area contributed by atoms with Crippen LogP contribution in [0.2, 0.25) is 0 Å². The molecule has 1 aliphatic rings. The maximum Gasteiger partial charge on any atom is 0.284 e. The van der Waals surface area contributed by atoms with Crippen molar-refractivity contribution in [2.24, 2.45) is 0 Å². The van der Waals surface area contributed by atoms with E-state index in [4.69, 9.17) is 10.5 Å². The molecule has 104 valence electrons. The first-order valence-corrected chi connectivity index (χ1v) is 6.53. The number of hydrazine groups is 1. The summed E-state index contributed by atoms with van der Waals surface area (Å²) >= 11 is 0. The van der Waals surface area contributed by atoms with Crippen molar-refractivity contribution < 1.29 is 9.53 Å². The molecule has 1 fully saturated rings. The molecule has 0 radical (unpaired) electrons. The Hall–Kier alpha value is -2.18. The number of hydrogen-bond donors (Lipinski definition) is 2. The minimum atomic E-state index is -0.246. The highest BCUT2D eigenvalue weighted by Gasteiger charge is 2.16. The fourth-order valence-corrected chi connectivity index (χ4v) is 2.19. The number of aromatic nitrogens is 1. The third kappa shape index (κ3) is 2.56. The monoisotopic (exact) mass is 272 g/mol. The molecule has 0 atom stereocenters. The van der Waals surface area contributed by atoms with Gasteiger partial charge in [0, 0.05) is 24.2 Å². The number of para-hydroxylation sites is 1. The SMILES string of the molecule is Nc1cc(C(=O)NN2CCOCC2)nc2ccccc12. The highest BCUT2D eigenvalue weighted by Crippen LogP contribution is 2.19. The summed E-state index contributed by atoms with van der Waals surface area (Å²) in [5.41, 5.74) is 10.4. The summed E-state index contributed by atoms with van der Waals surface area (Å²) < 4.78 is 5.24. The standard InChI is InChI=1S/C14H16N4O2/c15-11-9-13(16-12-4-2-1-3-10(11)12)14(19)17-18-5-7-20-8-6-18/h1-4,9H,5-8H2,(H2,15,16)(H,17,19). The van der Waals surface area contributed by atoms with E-state index in [0.29, 0.717) is 37.7 Å². The lowest BCUT2D eigenvalue weighted by Crippen LogP contribution is -2.48. The number of nitrogens with zero attached hydrogens (tertiary/aromatic N) is 2. The molecule has 2 aromatic rings. The van der Waals surface area contributed by atoms with Crippen LogP contribution >= 0.6 is 0 Å². The minimum Gasteiger partial charge on any atom is -0.398 e. The number of morpholine rings is 1. The summed E-state index contributed by atoms with van der Waals surface area (Å²) in [7, 11) is 0. The van der Waals surface area contributed by atoms with Gasteiger partial charge in [0.25, 0.3) is 5.91 Å². The number of nitrogen functional groups attached to an aromatic ring is 1. The van der Waals surface area contributed by atoms with Gasteiger partial charge in [0.15, 0.2) is 0 Å². The van der Waals surface area contributed by atoms with Gasteiger partial charge in [0.2, 0.25) is 0 Å². The molecule has 1 saturated heterocycles. The van der Waals surface area contributed by atoms with Gasteiger partial charge in [-0.15, -0.1) is 0 Å². The van der Waals surface area contributed by atoms with Crippen LogP contribution in [0.4, 0.5) is 5.69 Å². The maximum absolute atomic E-state index is 12.2. The third-order valence-electron chi connectivity index (χ3n) is 3.25. The zero-order chi connectivity index (χ0) is 13.9. The number of ether oxygens (including phenoxy) is 1. The number of nitrogens with one attached hydrogen (secondary N) is 1. The molecule has 0 unspecified atom stereocenters. The zero-order valence-electron chi connectivity index (χ0n) is 11.0. The predicted octanol–water partition coefficient (Wildman–Crippen LogP) is 0.794. The molecule has 2 heterocycles. The quantitative estimate of drug-likeness (QED) is 0.845. The molecule has 0 saturated carbocycles. The number of anilines is 1. The van der Waals surface area contributed by atoms with Crippen molar-refractivity contribution in [2.45, 2.75) is 0 Å². The van der Waals surface area contributed by atoms with Gasteiger partial charge in [-0.05, 0) is 12.1 Å². The van der Waals surface area contributed by atoms with Crippen molar-refractivity contribution in [3.05, 3.63) is 36.0 Å². The minimum absolute atomic E-state index is 0.246. The zero-order valence-corrected chi connectivity index (χ0v) is 11.0. The van der Waals surface area contributed by atoms with Crippen molar-refractivity contribution in [1.29, 1.82) is 0 Å². The van der Waals surface area contributed by atoms with Gasteiger partial charge < -0.3 is 10.5 Å². The summed E-state index contributed by atoms with van der Waals surface area (Å²) in [6.07, 6.45) is 0. The Bertz CT molecular complexity index is 638. The van der Waals surface area contributed by atoms with E-state index in [1.165, 1.54) is 0 Å². The number of rotatable bonds is 2. The molecule has 1 aromatic heterocycles. The van der Waals surface area contributed by atoms with E-state index in [-0.39, 0.29) is 5.91 Å². The second kappa shape index (κ2) is 5.44. The number of fused-ring (bicyclic) bond motifs is 1. The molecule has 0 aliphatic carbocycles. The molecule has 1 amide bonds. The molecule has 3 N–H and O–H groups in total. The van der Waals surface area contributed by atoms with Gasteiger partial charge >= 0.3 is 0 Å². The second-order valence-corrected chi connectivity index (χ2v) is 4.65. The summed E-state index contributed by atoms with van der Waals surface area (Å²) in [6.45, 7) is 2.59. The van der Waals surface area contributed by atoms with E-state index in [2.05, 4.69) is 10.4 Å². The molecule has 0 spiro atoms. The lowest BCUT2D eigenvalue weighted by Gasteiger charge is -2.26. The van der Waals surface area contributed by atoms with E-state index in [1.807, 2.05) is 29.3 Å². The number of carbonyl (C=O) groups excluding carboxylic acids is 1. The molecular weight excluding hydrogens is 256 g/mol. The number of amides is 1. The van der Waals surface area contributed by atoms with E-state index in [1.54, 1.807) is 6.07 Å². The highest BCUT2D eigenvalue weighted by atomic mass is 16.5. The van der Waals surface area contributed by atoms with E-state index in [0.717, 1.165) is 10.9 Å². The first-order chi connectivity index (χ1) is 9.74. The summed E-state index contributed by atoms with van der Waals surface area (Å²) in [5, 5.41) is 2.69. The Morgan fingerprint density at radius 3 is 2.85 bits per heavy atom. The van der Waals surface area contributed by atoms with Gasteiger partial charge in [-0.3, -0.25) is 10.2 Å². The van der Waals surface area contributed by atoms with Crippen LogP contribution in [-0.4, -0.2) is 42.2 Å². The van der Waals surface area contributed by atoms with Crippen LogP contribution < -0.4 is 11.2 Å². The van der Waals surface area contributed by atoms with Crippen LogP contribution in [0.1, 0.15) is 10.5 Å². The van der Waals surface area contributed by atoms with Crippen LogP contribution in [0.15, 0.2) is 30.3 Å². The Morgan fingerprint density at radius 2 is 2.05 bits per heavy atom. The largest absolute Gasteiger partial charge is 0.398 e. The van der Waals surface area contributed by atoms with E-state index >= 15 is 0 Å². The molecule has 1 aromatic carbocycles. The highest BCUT2D eigenvalue weighted by molar-refractivity contribution is 5.98. The van der Waals surface area contributed by atoms with Gasteiger partial charge in [0.1, 0.15) is 5.69 Å². The van der Waals surface area contributed by atoms with Gasteiger partial charge in [-0.2, -0.15) is 0 Å². The topological polar surface area (TPSA) is 80.5 Å². The normalized spacial score (nSPS) is 16.2. The van der Waals surface area contributed by atoms with E-state index in [9.17, 15) is 4.79 Å². The lowest BCUT2D eigenvalue weighted by atomic mass is 10.1. The number of carbonyl (C=O) groups is 1. The average molecular weight is 272 g/mol. The second-order valence-electron chi connectivity index (χ2n) is 4.65. The number of hydrogen-bond acceptors (Lipinski definition) is 5.